The largest absolute Gasteiger partial charge is 0.415 e. The second-order valence-electron chi connectivity index (χ2n) is 5.95. The molecule has 3 rings (SSSR count). The van der Waals surface area contributed by atoms with Crippen LogP contribution >= 0.6 is 0 Å². The van der Waals surface area contributed by atoms with Crippen molar-refractivity contribution in [3.05, 3.63) is 35.7 Å². The first-order valence-corrected chi connectivity index (χ1v) is 8.15. The van der Waals surface area contributed by atoms with Gasteiger partial charge in [-0.2, -0.15) is 8.78 Å². The molecule has 1 saturated heterocycles. The van der Waals surface area contributed by atoms with E-state index in [-0.39, 0.29) is 5.89 Å². The molecule has 124 valence electrons. The zero-order valence-corrected chi connectivity index (χ0v) is 13.0. The van der Waals surface area contributed by atoms with Crippen LogP contribution in [0, 0.1) is 0 Å². The Bertz CT molecular complexity index is 607. The van der Waals surface area contributed by atoms with E-state index in [2.05, 4.69) is 15.1 Å². The van der Waals surface area contributed by atoms with Crippen molar-refractivity contribution in [1.82, 2.24) is 15.1 Å². The molecule has 1 aromatic carbocycles. The number of alkyl halides is 2. The molecule has 0 spiro atoms. The number of aromatic nitrogens is 2. The van der Waals surface area contributed by atoms with Crippen molar-refractivity contribution in [2.75, 3.05) is 19.6 Å². The molecule has 0 saturated carbocycles. The molecule has 0 atom stereocenters. The first kappa shape index (κ1) is 16.1. The second kappa shape index (κ2) is 7.64. The Morgan fingerprint density at radius 1 is 1.04 bits per heavy atom. The number of piperidine rings is 1. The first-order valence-electron chi connectivity index (χ1n) is 8.15. The Balaban J connectivity index is 1.52. The lowest BCUT2D eigenvalue weighted by Gasteiger charge is -2.26. The van der Waals surface area contributed by atoms with Gasteiger partial charge in [-0.15, -0.1) is 10.2 Å². The Kier molecular flexibility index (Phi) is 5.33. The summed E-state index contributed by atoms with van der Waals surface area (Å²) in [5.74, 6) is -0.495. The lowest BCUT2D eigenvalue weighted by molar-refractivity contribution is 0.116. The van der Waals surface area contributed by atoms with Crippen LogP contribution in [0.25, 0.3) is 11.5 Å². The summed E-state index contributed by atoms with van der Waals surface area (Å²) in [6, 6.07) is 7.69. The Hall–Kier alpha value is -1.82. The van der Waals surface area contributed by atoms with E-state index in [1.165, 1.54) is 37.9 Å². The molecule has 0 N–H and O–H groups in total. The molecule has 0 unspecified atom stereocenters. The monoisotopic (exact) mass is 321 g/mol. The number of hydrogen-bond acceptors (Lipinski definition) is 4. The number of hydrogen-bond donors (Lipinski definition) is 0. The molecular formula is C17H21F2N3O. The normalized spacial score (nSPS) is 16.1. The van der Waals surface area contributed by atoms with Crippen molar-refractivity contribution in [2.45, 2.75) is 38.5 Å². The third-order valence-electron chi connectivity index (χ3n) is 4.22. The average molecular weight is 321 g/mol. The smallest absolute Gasteiger partial charge is 0.314 e. The van der Waals surface area contributed by atoms with Gasteiger partial charge < -0.3 is 9.32 Å². The molecule has 4 nitrogen and oxygen atoms in total. The van der Waals surface area contributed by atoms with E-state index in [1.54, 1.807) is 0 Å². The fourth-order valence-electron chi connectivity index (χ4n) is 2.94. The summed E-state index contributed by atoms with van der Waals surface area (Å²) >= 11 is 0. The van der Waals surface area contributed by atoms with E-state index >= 15 is 0 Å². The molecule has 0 amide bonds. The van der Waals surface area contributed by atoms with Crippen LogP contribution < -0.4 is 0 Å². The molecule has 6 heteroatoms. The highest BCUT2D eigenvalue weighted by Gasteiger charge is 2.16. The summed E-state index contributed by atoms with van der Waals surface area (Å²) in [5, 5.41) is 7.00. The second-order valence-corrected chi connectivity index (χ2v) is 5.95. The molecule has 1 aliphatic heterocycles. The molecule has 1 aromatic heterocycles. The minimum atomic E-state index is -2.73. The lowest BCUT2D eigenvalue weighted by Crippen LogP contribution is -2.30. The summed E-state index contributed by atoms with van der Waals surface area (Å²) in [6.07, 6.45) is 3.42. The van der Waals surface area contributed by atoms with Crippen molar-refractivity contribution in [3.63, 3.8) is 0 Å². The fraction of sp³-hybridized carbons (Fsp3) is 0.529. The topological polar surface area (TPSA) is 42.2 Å². The van der Waals surface area contributed by atoms with Gasteiger partial charge in [0.15, 0.2) is 0 Å². The quantitative estimate of drug-likeness (QED) is 0.803. The molecule has 0 bridgehead atoms. The van der Waals surface area contributed by atoms with E-state index in [0.29, 0.717) is 5.56 Å². The maximum atomic E-state index is 12.5. The van der Waals surface area contributed by atoms with Gasteiger partial charge in [0, 0.05) is 5.56 Å². The van der Waals surface area contributed by atoms with Gasteiger partial charge in [-0.1, -0.05) is 18.6 Å². The third-order valence-corrected chi connectivity index (χ3v) is 4.22. The van der Waals surface area contributed by atoms with Gasteiger partial charge in [0.1, 0.15) is 0 Å². The van der Waals surface area contributed by atoms with Crippen LogP contribution in [-0.4, -0.2) is 34.7 Å². The van der Waals surface area contributed by atoms with Gasteiger partial charge >= 0.3 is 6.43 Å². The van der Waals surface area contributed by atoms with Gasteiger partial charge in [0.05, 0.1) is 0 Å². The van der Waals surface area contributed by atoms with Crippen molar-refractivity contribution in [2.24, 2.45) is 0 Å². The molecule has 1 aliphatic rings. The zero-order chi connectivity index (χ0) is 16.1. The highest BCUT2D eigenvalue weighted by Crippen LogP contribution is 2.23. The zero-order valence-electron chi connectivity index (χ0n) is 13.0. The molecule has 23 heavy (non-hydrogen) atoms. The van der Waals surface area contributed by atoms with Gasteiger partial charge in [0.2, 0.25) is 5.89 Å². The van der Waals surface area contributed by atoms with Gasteiger partial charge in [-0.05, 0) is 63.0 Å². The van der Waals surface area contributed by atoms with E-state index in [9.17, 15) is 8.78 Å². The fourth-order valence-corrected chi connectivity index (χ4v) is 2.94. The van der Waals surface area contributed by atoms with Crippen LogP contribution in [0.4, 0.5) is 8.78 Å². The van der Waals surface area contributed by atoms with E-state index in [1.807, 2.05) is 24.3 Å². The molecule has 1 fully saturated rings. The number of nitrogens with zero attached hydrogens (tertiary/aromatic N) is 3. The summed E-state index contributed by atoms with van der Waals surface area (Å²) in [6.45, 7) is 3.59. The van der Waals surface area contributed by atoms with Crippen LogP contribution in [-0.2, 0) is 6.42 Å². The van der Waals surface area contributed by atoms with Crippen molar-refractivity contribution in [1.29, 1.82) is 0 Å². The number of benzene rings is 1. The van der Waals surface area contributed by atoms with Crippen molar-refractivity contribution >= 4 is 0 Å². The predicted octanol–water partition coefficient (Wildman–Crippen LogP) is 4.09. The van der Waals surface area contributed by atoms with Crippen LogP contribution in [0.3, 0.4) is 0 Å². The van der Waals surface area contributed by atoms with Gasteiger partial charge in [-0.3, -0.25) is 0 Å². The van der Waals surface area contributed by atoms with Crippen LogP contribution in [0.15, 0.2) is 28.7 Å². The number of rotatable bonds is 6. The molecule has 2 aromatic rings. The van der Waals surface area contributed by atoms with Crippen molar-refractivity contribution in [3.8, 4) is 11.5 Å². The summed E-state index contributed by atoms with van der Waals surface area (Å²) in [4.78, 5) is 2.53. The summed E-state index contributed by atoms with van der Waals surface area (Å²) < 4.78 is 29.9. The lowest BCUT2D eigenvalue weighted by atomic mass is 10.1. The Morgan fingerprint density at radius 3 is 2.43 bits per heavy atom. The Morgan fingerprint density at radius 2 is 1.78 bits per heavy atom. The third kappa shape index (κ3) is 4.34. The van der Waals surface area contributed by atoms with Crippen LogP contribution in [0.5, 0.6) is 0 Å². The number of likely N-dealkylation sites (tertiary alicyclic amines) is 1. The van der Waals surface area contributed by atoms with E-state index < -0.39 is 12.3 Å². The SMILES string of the molecule is FC(F)c1nnc(-c2ccc(CCCN3CCCCC3)cc2)o1. The Labute approximate surface area is 134 Å². The average Bonchev–Trinajstić information content (AvgIpc) is 3.07. The number of aryl methyl sites for hydroxylation is 1. The highest BCUT2D eigenvalue weighted by molar-refractivity contribution is 5.52. The minimum absolute atomic E-state index is 0.139. The highest BCUT2D eigenvalue weighted by atomic mass is 19.3. The van der Waals surface area contributed by atoms with E-state index in [0.717, 1.165) is 19.4 Å². The molecule has 0 radical (unpaired) electrons. The number of halogens is 2. The maximum absolute atomic E-state index is 12.5. The van der Waals surface area contributed by atoms with Crippen molar-refractivity contribution < 1.29 is 13.2 Å². The summed E-state index contributed by atoms with van der Waals surface area (Å²) in [7, 11) is 0. The van der Waals surface area contributed by atoms with Gasteiger partial charge in [-0.25, -0.2) is 0 Å². The summed E-state index contributed by atoms with van der Waals surface area (Å²) in [5.41, 5.74) is 1.91. The van der Waals surface area contributed by atoms with Crippen LogP contribution in [0.1, 0.15) is 43.6 Å². The van der Waals surface area contributed by atoms with Crippen LogP contribution in [0.2, 0.25) is 0 Å². The standard InChI is InChI=1S/C17H21F2N3O/c18-15(19)17-21-20-16(23-17)14-8-6-13(7-9-14)5-4-12-22-10-2-1-3-11-22/h6-9,15H,1-5,10-12H2. The predicted molar refractivity (Wildman–Crippen MR) is 83.3 cm³/mol. The van der Waals surface area contributed by atoms with Gasteiger partial charge in [0.25, 0.3) is 5.89 Å². The molecular weight excluding hydrogens is 300 g/mol. The maximum Gasteiger partial charge on any atom is 0.314 e. The first-order chi connectivity index (χ1) is 11.2. The molecule has 2 heterocycles. The minimum Gasteiger partial charge on any atom is -0.415 e. The van der Waals surface area contributed by atoms with E-state index in [4.69, 9.17) is 4.42 Å². The molecule has 0 aliphatic carbocycles.